The van der Waals surface area contributed by atoms with Crippen molar-refractivity contribution in [1.29, 1.82) is 0 Å². The van der Waals surface area contributed by atoms with E-state index in [0.717, 1.165) is 5.69 Å². The molecular weight excluding hydrogens is 246 g/mol. The Labute approximate surface area is 110 Å². The maximum absolute atomic E-state index is 11.6. The Morgan fingerprint density at radius 3 is 2.11 bits per heavy atom. The van der Waals surface area contributed by atoms with Gasteiger partial charge in [-0.05, 0) is 30.3 Å². The lowest BCUT2D eigenvalue weighted by Gasteiger charge is -2.07. The SMILES string of the molecule is Nc1cccc(NC(=O)Nc2ccccc2)c1.OO. The zero-order valence-electron chi connectivity index (χ0n) is 10.1. The Morgan fingerprint density at radius 1 is 0.895 bits per heavy atom. The second-order valence-electron chi connectivity index (χ2n) is 3.57. The molecule has 2 rings (SSSR count). The van der Waals surface area contributed by atoms with E-state index >= 15 is 0 Å². The molecule has 0 unspecified atom stereocenters. The van der Waals surface area contributed by atoms with E-state index in [1.165, 1.54) is 0 Å². The smallest absolute Gasteiger partial charge is 0.323 e. The molecule has 2 aromatic carbocycles. The molecule has 0 aliphatic rings. The van der Waals surface area contributed by atoms with Crippen LogP contribution in [-0.4, -0.2) is 16.5 Å². The van der Waals surface area contributed by atoms with Crippen LogP contribution in [0.25, 0.3) is 0 Å². The number of anilines is 3. The van der Waals surface area contributed by atoms with Gasteiger partial charge in [0, 0.05) is 17.1 Å². The van der Waals surface area contributed by atoms with E-state index in [9.17, 15) is 4.79 Å². The fourth-order valence-electron chi connectivity index (χ4n) is 1.43. The Balaban J connectivity index is 0.000000861. The third kappa shape index (κ3) is 5.07. The molecule has 0 saturated heterocycles. The standard InChI is InChI=1S/C13H13N3O.H2O2/c14-10-5-4-8-12(9-10)16-13(17)15-11-6-2-1-3-7-11;1-2/h1-9H,14H2,(H2,15,16,17);1-2H. The molecule has 0 aliphatic heterocycles. The second kappa shape index (κ2) is 7.70. The minimum atomic E-state index is -0.290. The van der Waals surface area contributed by atoms with Gasteiger partial charge >= 0.3 is 6.03 Å². The normalized spacial score (nSPS) is 8.95. The predicted molar refractivity (Wildman–Crippen MR) is 75.2 cm³/mol. The van der Waals surface area contributed by atoms with Crippen molar-refractivity contribution >= 4 is 23.1 Å². The van der Waals surface area contributed by atoms with Crippen LogP contribution < -0.4 is 16.4 Å². The van der Waals surface area contributed by atoms with Gasteiger partial charge in [0.05, 0.1) is 0 Å². The summed E-state index contributed by atoms with van der Waals surface area (Å²) in [5, 5.41) is 17.4. The Kier molecular flexibility index (Phi) is 5.87. The van der Waals surface area contributed by atoms with Crippen molar-refractivity contribution in [3.05, 3.63) is 54.6 Å². The molecular formula is C13H15N3O3. The number of benzene rings is 2. The molecule has 6 heteroatoms. The molecule has 0 heterocycles. The number of urea groups is 1. The van der Waals surface area contributed by atoms with Gasteiger partial charge in [-0.1, -0.05) is 24.3 Å². The lowest BCUT2D eigenvalue weighted by atomic mass is 10.3. The highest BCUT2D eigenvalue weighted by atomic mass is 17.0. The van der Waals surface area contributed by atoms with Gasteiger partial charge < -0.3 is 16.4 Å². The maximum Gasteiger partial charge on any atom is 0.323 e. The Hall–Kier alpha value is -2.57. The first kappa shape index (κ1) is 14.5. The van der Waals surface area contributed by atoms with Crippen LogP contribution in [0.5, 0.6) is 0 Å². The van der Waals surface area contributed by atoms with Gasteiger partial charge in [0.1, 0.15) is 0 Å². The minimum absolute atomic E-state index is 0.290. The molecule has 0 aromatic heterocycles. The summed E-state index contributed by atoms with van der Waals surface area (Å²) in [6.45, 7) is 0. The molecule has 0 fully saturated rings. The number of amides is 2. The van der Waals surface area contributed by atoms with E-state index in [1.54, 1.807) is 24.3 Å². The molecule has 19 heavy (non-hydrogen) atoms. The average Bonchev–Trinajstić information content (AvgIpc) is 2.42. The lowest BCUT2D eigenvalue weighted by molar-refractivity contribution is -0.176. The van der Waals surface area contributed by atoms with E-state index in [4.69, 9.17) is 16.2 Å². The summed E-state index contributed by atoms with van der Waals surface area (Å²) in [6.07, 6.45) is 0. The third-order valence-electron chi connectivity index (χ3n) is 2.18. The van der Waals surface area contributed by atoms with E-state index in [1.807, 2.05) is 30.3 Å². The van der Waals surface area contributed by atoms with E-state index in [-0.39, 0.29) is 6.03 Å². The first-order chi connectivity index (χ1) is 9.24. The summed E-state index contributed by atoms with van der Waals surface area (Å²) >= 11 is 0. The van der Waals surface area contributed by atoms with Crippen LogP contribution in [-0.2, 0) is 0 Å². The summed E-state index contributed by atoms with van der Waals surface area (Å²) < 4.78 is 0. The van der Waals surface area contributed by atoms with Gasteiger partial charge in [0.25, 0.3) is 0 Å². The quantitative estimate of drug-likeness (QED) is 0.325. The number of nitrogen functional groups attached to an aromatic ring is 1. The summed E-state index contributed by atoms with van der Waals surface area (Å²) in [5.74, 6) is 0. The number of nitrogens with one attached hydrogen (secondary N) is 2. The largest absolute Gasteiger partial charge is 0.399 e. The van der Waals surface area contributed by atoms with Gasteiger partial charge in [-0.2, -0.15) is 0 Å². The number of rotatable bonds is 2. The molecule has 6 N–H and O–H groups in total. The van der Waals surface area contributed by atoms with Crippen molar-refractivity contribution in [2.24, 2.45) is 0 Å². The minimum Gasteiger partial charge on any atom is -0.399 e. The van der Waals surface area contributed by atoms with Crippen molar-refractivity contribution in [3.8, 4) is 0 Å². The molecule has 0 radical (unpaired) electrons. The van der Waals surface area contributed by atoms with Crippen molar-refractivity contribution in [3.63, 3.8) is 0 Å². The lowest BCUT2D eigenvalue weighted by Crippen LogP contribution is -2.19. The van der Waals surface area contributed by atoms with Crippen LogP contribution in [0.15, 0.2) is 54.6 Å². The zero-order valence-corrected chi connectivity index (χ0v) is 10.1. The van der Waals surface area contributed by atoms with Gasteiger partial charge in [0.2, 0.25) is 0 Å². The maximum atomic E-state index is 11.6. The van der Waals surface area contributed by atoms with Crippen LogP contribution in [0.2, 0.25) is 0 Å². The molecule has 2 aromatic rings. The number of hydrogen-bond acceptors (Lipinski definition) is 4. The first-order valence-corrected chi connectivity index (χ1v) is 5.42. The number of para-hydroxylation sites is 1. The van der Waals surface area contributed by atoms with E-state index < -0.39 is 0 Å². The van der Waals surface area contributed by atoms with Crippen LogP contribution in [0.4, 0.5) is 21.9 Å². The van der Waals surface area contributed by atoms with Crippen LogP contribution >= 0.6 is 0 Å². The molecule has 0 bridgehead atoms. The van der Waals surface area contributed by atoms with Crippen molar-refractivity contribution in [2.75, 3.05) is 16.4 Å². The predicted octanol–water partition coefficient (Wildman–Crippen LogP) is 2.93. The molecule has 100 valence electrons. The summed E-state index contributed by atoms with van der Waals surface area (Å²) in [4.78, 5) is 11.6. The fourth-order valence-corrected chi connectivity index (χ4v) is 1.43. The molecule has 0 aliphatic carbocycles. The summed E-state index contributed by atoms with van der Waals surface area (Å²) in [6, 6.07) is 16.0. The van der Waals surface area contributed by atoms with Gasteiger partial charge in [-0.3, -0.25) is 10.5 Å². The summed E-state index contributed by atoms with van der Waals surface area (Å²) in [5.41, 5.74) is 7.64. The average molecular weight is 261 g/mol. The van der Waals surface area contributed by atoms with Crippen LogP contribution in [0.1, 0.15) is 0 Å². The highest BCUT2D eigenvalue weighted by molar-refractivity contribution is 5.99. The number of carbonyl (C=O) groups excluding carboxylic acids is 1. The van der Waals surface area contributed by atoms with Crippen molar-refractivity contribution in [1.82, 2.24) is 0 Å². The van der Waals surface area contributed by atoms with Crippen LogP contribution in [0, 0.1) is 0 Å². The number of hydrogen-bond donors (Lipinski definition) is 5. The number of nitrogens with two attached hydrogens (primary N) is 1. The third-order valence-corrected chi connectivity index (χ3v) is 2.18. The molecule has 2 amide bonds. The van der Waals surface area contributed by atoms with E-state index in [2.05, 4.69) is 10.6 Å². The van der Waals surface area contributed by atoms with Gasteiger partial charge in [0.15, 0.2) is 0 Å². The first-order valence-electron chi connectivity index (χ1n) is 5.42. The zero-order chi connectivity index (χ0) is 14.1. The highest BCUT2D eigenvalue weighted by Gasteiger charge is 2.01. The molecule has 0 spiro atoms. The molecule has 0 atom stereocenters. The number of carbonyl (C=O) groups is 1. The van der Waals surface area contributed by atoms with Gasteiger partial charge in [-0.15, -0.1) is 0 Å². The van der Waals surface area contributed by atoms with Crippen molar-refractivity contribution in [2.45, 2.75) is 0 Å². The Morgan fingerprint density at radius 2 is 1.47 bits per heavy atom. The highest BCUT2D eigenvalue weighted by Crippen LogP contribution is 2.12. The summed E-state index contributed by atoms with van der Waals surface area (Å²) in [7, 11) is 0. The van der Waals surface area contributed by atoms with Gasteiger partial charge in [-0.25, -0.2) is 4.79 Å². The fraction of sp³-hybridized carbons (Fsp3) is 0. The Bertz CT molecular complexity index is 518. The topological polar surface area (TPSA) is 108 Å². The van der Waals surface area contributed by atoms with E-state index in [0.29, 0.717) is 11.4 Å². The molecule has 6 nitrogen and oxygen atoms in total. The monoisotopic (exact) mass is 261 g/mol. The van der Waals surface area contributed by atoms with Crippen LogP contribution in [0.3, 0.4) is 0 Å². The second-order valence-corrected chi connectivity index (χ2v) is 3.57. The van der Waals surface area contributed by atoms with Crippen molar-refractivity contribution < 1.29 is 15.3 Å². The molecule has 0 saturated carbocycles.